The molecule has 108 valence electrons. The predicted molar refractivity (Wildman–Crippen MR) is 76.4 cm³/mol. The van der Waals surface area contributed by atoms with Crippen LogP contribution in [0.5, 0.6) is 0 Å². The Morgan fingerprint density at radius 2 is 2.16 bits per heavy atom. The first kappa shape index (κ1) is 14.8. The van der Waals surface area contributed by atoms with Crippen LogP contribution in [0.1, 0.15) is 45.3 Å². The molecule has 0 aromatic carbocycles. The molecule has 1 N–H and O–H groups in total. The molecule has 1 aliphatic heterocycles. The van der Waals surface area contributed by atoms with Crippen molar-refractivity contribution in [3.8, 4) is 0 Å². The van der Waals surface area contributed by atoms with Crippen LogP contribution in [-0.4, -0.2) is 40.7 Å². The average molecular weight is 285 g/mol. The van der Waals surface area contributed by atoms with Crippen LogP contribution in [0.15, 0.2) is 4.52 Å². The highest BCUT2D eigenvalue weighted by Gasteiger charge is 2.33. The fraction of sp³-hybridized carbons (Fsp3) is 0.846. The van der Waals surface area contributed by atoms with Crippen molar-refractivity contribution in [2.75, 3.05) is 19.8 Å². The first-order valence-corrected chi connectivity index (χ1v) is 7.75. The Morgan fingerprint density at radius 1 is 1.37 bits per heavy atom. The first-order valence-electron chi connectivity index (χ1n) is 6.77. The van der Waals surface area contributed by atoms with Crippen molar-refractivity contribution in [3.05, 3.63) is 11.7 Å². The van der Waals surface area contributed by atoms with Gasteiger partial charge in [0.1, 0.15) is 0 Å². The highest BCUT2D eigenvalue weighted by molar-refractivity contribution is 7.99. The summed E-state index contributed by atoms with van der Waals surface area (Å²) < 4.78 is 11.1. The molecule has 0 saturated carbocycles. The van der Waals surface area contributed by atoms with Crippen molar-refractivity contribution in [1.82, 2.24) is 15.5 Å². The highest BCUT2D eigenvalue weighted by Crippen LogP contribution is 2.28. The fourth-order valence-electron chi connectivity index (χ4n) is 2.02. The summed E-state index contributed by atoms with van der Waals surface area (Å²) in [5, 5.41) is 7.47. The zero-order chi connectivity index (χ0) is 13.9. The Morgan fingerprint density at radius 3 is 2.84 bits per heavy atom. The normalized spacial score (nSPS) is 24.0. The van der Waals surface area contributed by atoms with Gasteiger partial charge < -0.3 is 14.6 Å². The molecule has 1 fully saturated rings. The maximum Gasteiger partial charge on any atom is 0.233 e. The lowest BCUT2D eigenvalue weighted by atomic mass is 10.0. The van der Waals surface area contributed by atoms with E-state index < -0.39 is 0 Å². The number of ether oxygens (including phenoxy) is 1. The summed E-state index contributed by atoms with van der Waals surface area (Å²) in [4.78, 5) is 4.51. The van der Waals surface area contributed by atoms with E-state index in [0.29, 0.717) is 19.1 Å². The van der Waals surface area contributed by atoms with Crippen LogP contribution in [0, 0.1) is 0 Å². The largest absolute Gasteiger partial charge is 0.379 e. The number of hydrogen-bond donors (Lipinski definition) is 1. The number of nitrogens with one attached hydrogen (secondary N) is 1. The van der Waals surface area contributed by atoms with Crippen molar-refractivity contribution < 1.29 is 9.26 Å². The molecule has 1 aromatic rings. The van der Waals surface area contributed by atoms with Gasteiger partial charge in [0.15, 0.2) is 5.82 Å². The topological polar surface area (TPSA) is 60.2 Å². The molecule has 0 bridgehead atoms. The van der Waals surface area contributed by atoms with Gasteiger partial charge in [-0.05, 0) is 6.54 Å². The summed E-state index contributed by atoms with van der Waals surface area (Å²) in [5.74, 6) is 2.44. The van der Waals surface area contributed by atoms with Gasteiger partial charge in [-0.15, -0.1) is 11.8 Å². The Hall–Kier alpha value is -0.590. The molecule has 1 aromatic heterocycles. The summed E-state index contributed by atoms with van der Waals surface area (Å²) in [6, 6.07) is 0.286. The summed E-state index contributed by atoms with van der Waals surface area (Å²) in [6.45, 7) is 10.9. The summed E-state index contributed by atoms with van der Waals surface area (Å²) in [6.07, 6.45) is 0. The summed E-state index contributed by atoms with van der Waals surface area (Å²) in [5.41, 5.74) is 0. The Kier molecular flexibility index (Phi) is 4.86. The van der Waals surface area contributed by atoms with Crippen LogP contribution in [0.25, 0.3) is 0 Å². The van der Waals surface area contributed by atoms with E-state index in [0.717, 1.165) is 18.1 Å². The number of hydrogen-bond acceptors (Lipinski definition) is 6. The zero-order valence-corrected chi connectivity index (χ0v) is 12.9. The quantitative estimate of drug-likeness (QED) is 0.895. The molecular weight excluding hydrogens is 262 g/mol. The lowest BCUT2D eigenvalue weighted by molar-refractivity contribution is 0.185. The molecule has 6 heteroatoms. The van der Waals surface area contributed by atoms with Crippen LogP contribution in [0.4, 0.5) is 0 Å². The second-order valence-corrected chi connectivity index (χ2v) is 7.56. The van der Waals surface area contributed by atoms with E-state index >= 15 is 0 Å². The van der Waals surface area contributed by atoms with Crippen LogP contribution in [0.2, 0.25) is 0 Å². The number of rotatable bonds is 5. The maximum absolute atomic E-state index is 5.50. The number of aromatic nitrogens is 2. The van der Waals surface area contributed by atoms with Gasteiger partial charge in [-0.25, -0.2) is 0 Å². The Labute approximate surface area is 118 Å². The van der Waals surface area contributed by atoms with E-state index in [1.165, 1.54) is 0 Å². The lowest BCUT2D eigenvalue weighted by Crippen LogP contribution is -2.34. The van der Waals surface area contributed by atoms with Crippen LogP contribution in [0.3, 0.4) is 0 Å². The van der Waals surface area contributed by atoms with Gasteiger partial charge in [0.05, 0.1) is 24.9 Å². The Balaban J connectivity index is 1.96. The molecule has 2 unspecified atom stereocenters. The second-order valence-electron chi connectivity index (χ2n) is 5.76. The molecular formula is C13H23N3O2S. The highest BCUT2D eigenvalue weighted by atomic mass is 32.2. The molecule has 2 rings (SSSR count). The van der Waals surface area contributed by atoms with E-state index in [1.54, 1.807) is 0 Å². The average Bonchev–Trinajstić information content (AvgIpc) is 2.93. The molecule has 0 spiro atoms. The molecule has 5 nitrogen and oxygen atoms in total. The minimum atomic E-state index is 0.181. The van der Waals surface area contributed by atoms with Crippen molar-refractivity contribution >= 4 is 11.8 Å². The third-order valence-electron chi connectivity index (χ3n) is 2.98. The van der Waals surface area contributed by atoms with Crippen LogP contribution >= 0.6 is 11.8 Å². The molecule has 0 radical (unpaired) electrons. The third-order valence-corrected chi connectivity index (χ3v) is 4.25. The molecule has 19 heavy (non-hydrogen) atoms. The maximum atomic E-state index is 5.50. The molecule has 1 aliphatic rings. The van der Waals surface area contributed by atoms with Gasteiger partial charge in [-0.1, -0.05) is 32.9 Å². The third kappa shape index (κ3) is 4.19. The van der Waals surface area contributed by atoms with Gasteiger partial charge >= 0.3 is 0 Å². The van der Waals surface area contributed by atoms with Gasteiger partial charge in [-0.2, -0.15) is 4.98 Å². The Bertz CT molecular complexity index is 403. The SMILES string of the molecule is CCNC1COCC1c1nc(CSC(C)(C)C)no1. The molecule has 2 heterocycles. The second kappa shape index (κ2) is 6.24. The van der Waals surface area contributed by atoms with E-state index in [9.17, 15) is 0 Å². The smallest absolute Gasteiger partial charge is 0.233 e. The van der Waals surface area contributed by atoms with E-state index in [1.807, 2.05) is 11.8 Å². The summed E-state index contributed by atoms with van der Waals surface area (Å²) in [7, 11) is 0. The molecule has 0 amide bonds. The van der Waals surface area contributed by atoms with Gasteiger partial charge in [-0.3, -0.25) is 0 Å². The number of nitrogens with zero attached hydrogens (tertiary/aromatic N) is 2. The van der Waals surface area contributed by atoms with E-state index in [2.05, 4.69) is 43.2 Å². The van der Waals surface area contributed by atoms with Crippen LogP contribution in [-0.2, 0) is 10.5 Å². The molecule has 2 atom stereocenters. The van der Waals surface area contributed by atoms with Gasteiger partial charge in [0.2, 0.25) is 5.89 Å². The van der Waals surface area contributed by atoms with Crippen LogP contribution < -0.4 is 5.32 Å². The predicted octanol–water partition coefficient (Wildman–Crippen LogP) is 2.19. The van der Waals surface area contributed by atoms with Crippen molar-refractivity contribution in [1.29, 1.82) is 0 Å². The standard InChI is InChI=1S/C13H23N3O2S/c1-5-14-10-7-17-6-9(10)12-15-11(16-18-12)8-19-13(2,3)4/h9-10,14H,5-8H2,1-4H3. The molecule has 1 saturated heterocycles. The monoisotopic (exact) mass is 285 g/mol. The number of likely N-dealkylation sites (N-methyl/N-ethyl adjacent to an activating group) is 1. The number of thioether (sulfide) groups is 1. The molecule has 0 aliphatic carbocycles. The fourth-order valence-corrected chi connectivity index (χ4v) is 2.70. The van der Waals surface area contributed by atoms with E-state index in [4.69, 9.17) is 9.26 Å². The van der Waals surface area contributed by atoms with Gasteiger partial charge in [0, 0.05) is 10.8 Å². The minimum absolute atomic E-state index is 0.181. The van der Waals surface area contributed by atoms with Gasteiger partial charge in [0.25, 0.3) is 0 Å². The minimum Gasteiger partial charge on any atom is -0.379 e. The zero-order valence-electron chi connectivity index (χ0n) is 12.1. The van der Waals surface area contributed by atoms with E-state index in [-0.39, 0.29) is 16.7 Å². The van der Waals surface area contributed by atoms with Crippen molar-refractivity contribution in [2.24, 2.45) is 0 Å². The first-order chi connectivity index (χ1) is 8.99. The van der Waals surface area contributed by atoms with Crippen molar-refractivity contribution in [2.45, 2.75) is 50.2 Å². The van der Waals surface area contributed by atoms with Crippen molar-refractivity contribution in [3.63, 3.8) is 0 Å². The lowest BCUT2D eigenvalue weighted by Gasteiger charge is -2.15. The summed E-state index contributed by atoms with van der Waals surface area (Å²) >= 11 is 1.82.